The summed E-state index contributed by atoms with van der Waals surface area (Å²) in [4.78, 5) is 23.5. The molecular weight excluding hydrogens is 242 g/mol. The van der Waals surface area contributed by atoms with Crippen LogP contribution in [0.1, 0.15) is 25.3 Å². The van der Waals surface area contributed by atoms with Crippen molar-refractivity contribution in [3.05, 3.63) is 29.8 Å². The van der Waals surface area contributed by atoms with E-state index in [0.717, 1.165) is 12.0 Å². The molecule has 0 aliphatic rings. The molecule has 5 nitrogen and oxygen atoms in total. The fourth-order valence-corrected chi connectivity index (χ4v) is 1.80. The maximum absolute atomic E-state index is 11.9. The molecule has 0 saturated heterocycles. The third-order valence-corrected chi connectivity index (χ3v) is 2.82. The normalized spacial score (nSPS) is 11.7. The average Bonchev–Trinajstić information content (AvgIpc) is 2.40. The first kappa shape index (κ1) is 15.0. The van der Waals surface area contributed by atoms with E-state index in [9.17, 15) is 9.59 Å². The highest BCUT2D eigenvalue weighted by atomic mass is 16.2. The molecule has 104 valence electrons. The number of anilines is 1. The zero-order valence-corrected chi connectivity index (χ0v) is 11.4. The number of benzene rings is 1. The van der Waals surface area contributed by atoms with Crippen LogP contribution in [0.2, 0.25) is 0 Å². The van der Waals surface area contributed by atoms with Crippen molar-refractivity contribution in [1.82, 2.24) is 10.6 Å². The van der Waals surface area contributed by atoms with Crippen LogP contribution in [0.4, 0.5) is 5.69 Å². The monoisotopic (exact) mass is 263 g/mol. The van der Waals surface area contributed by atoms with Gasteiger partial charge in [-0.1, -0.05) is 25.5 Å². The van der Waals surface area contributed by atoms with Gasteiger partial charge in [-0.15, -0.1) is 0 Å². The zero-order chi connectivity index (χ0) is 14.3. The van der Waals surface area contributed by atoms with E-state index >= 15 is 0 Å². The summed E-state index contributed by atoms with van der Waals surface area (Å²) in [5, 5.41) is 5.31. The van der Waals surface area contributed by atoms with Gasteiger partial charge in [-0.3, -0.25) is 9.59 Å². The Labute approximate surface area is 113 Å². The van der Waals surface area contributed by atoms with Crippen LogP contribution in [0.5, 0.6) is 0 Å². The second-order valence-electron chi connectivity index (χ2n) is 4.44. The molecule has 4 N–H and O–H groups in total. The lowest BCUT2D eigenvalue weighted by Crippen LogP contribution is -2.46. The van der Waals surface area contributed by atoms with Gasteiger partial charge in [0.25, 0.3) is 0 Å². The molecule has 19 heavy (non-hydrogen) atoms. The molecule has 1 aromatic rings. The van der Waals surface area contributed by atoms with Crippen molar-refractivity contribution in [2.24, 2.45) is 0 Å². The molecule has 2 amide bonds. The second kappa shape index (κ2) is 7.41. The van der Waals surface area contributed by atoms with Gasteiger partial charge >= 0.3 is 0 Å². The molecule has 0 aromatic heterocycles. The van der Waals surface area contributed by atoms with Gasteiger partial charge in [0.1, 0.15) is 6.04 Å². The van der Waals surface area contributed by atoms with E-state index in [1.165, 1.54) is 0 Å². The molecule has 0 spiro atoms. The molecule has 1 aromatic carbocycles. The van der Waals surface area contributed by atoms with E-state index in [2.05, 4.69) is 10.6 Å². The Morgan fingerprint density at radius 3 is 2.42 bits per heavy atom. The van der Waals surface area contributed by atoms with Crippen molar-refractivity contribution in [3.8, 4) is 0 Å². The number of likely N-dealkylation sites (N-methyl/N-ethyl adjacent to an activating group) is 1. The molecule has 0 aliphatic heterocycles. The Hall–Kier alpha value is -2.04. The number of carbonyl (C=O) groups excluding carboxylic acids is 2. The quantitative estimate of drug-likeness (QED) is 0.665. The van der Waals surface area contributed by atoms with E-state index in [1.807, 2.05) is 19.1 Å². The lowest BCUT2D eigenvalue weighted by Gasteiger charge is -2.16. The van der Waals surface area contributed by atoms with Gasteiger partial charge in [-0.25, -0.2) is 0 Å². The predicted octanol–water partition coefficient (Wildman–Crippen LogP) is 0.842. The van der Waals surface area contributed by atoms with Crippen LogP contribution >= 0.6 is 0 Å². The molecule has 0 bridgehead atoms. The van der Waals surface area contributed by atoms with Gasteiger partial charge in [-0.2, -0.15) is 0 Å². The van der Waals surface area contributed by atoms with Crippen molar-refractivity contribution in [2.75, 3.05) is 12.8 Å². The van der Waals surface area contributed by atoms with Crippen molar-refractivity contribution in [3.63, 3.8) is 0 Å². The first-order chi connectivity index (χ1) is 9.06. The van der Waals surface area contributed by atoms with E-state index in [1.54, 1.807) is 19.2 Å². The number of nitrogens with one attached hydrogen (secondary N) is 2. The summed E-state index contributed by atoms with van der Waals surface area (Å²) >= 11 is 0. The standard InChI is InChI=1S/C14H21N3O2/c1-3-4-12(14(19)16-2)17-13(18)9-10-5-7-11(15)8-6-10/h5-8,12H,3-4,9,15H2,1-2H3,(H,16,19)(H,17,18). The van der Waals surface area contributed by atoms with Gasteiger partial charge in [0.05, 0.1) is 6.42 Å². The van der Waals surface area contributed by atoms with E-state index in [-0.39, 0.29) is 18.2 Å². The van der Waals surface area contributed by atoms with Crippen LogP contribution in [0, 0.1) is 0 Å². The molecular formula is C14H21N3O2. The van der Waals surface area contributed by atoms with Crippen LogP contribution in [0.15, 0.2) is 24.3 Å². The number of amides is 2. The van der Waals surface area contributed by atoms with Gasteiger partial charge in [0.2, 0.25) is 11.8 Å². The van der Waals surface area contributed by atoms with Crippen molar-refractivity contribution < 1.29 is 9.59 Å². The number of hydrogen-bond donors (Lipinski definition) is 3. The highest BCUT2D eigenvalue weighted by Crippen LogP contribution is 2.06. The van der Waals surface area contributed by atoms with Gasteiger partial charge in [0.15, 0.2) is 0 Å². The Kier molecular flexibility index (Phi) is 5.85. The lowest BCUT2D eigenvalue weighted by molar-refractivity contribution is -0.128. The minimum absolute atomic E-state index is 0.160. The molecule has 0 heterocycles. The summed E-state index contributed by atoms with van der Waals surface area (Å²) in [6, 6.07) is 6.67. The van der Waals surface area contributed by atoms with Crippen molar-refractivity contribution in [2.45, 2.75) is 32.2 Å². The van der Waals surface area contributed by atoms with Crippen LogP contribution < -0.4 is 16.4 Å². The van der Waals surface area contributed by atoms with Gasteiger partial charge in [0, 0.05) is 12.7 Å². The average molecular weight is 263 g/mol. The number of hydrogen-bond acceptors (Lipinski definition) is 3. The van der Waals surface area contributed by atoms with Gasteiger partial charge < -0.3 is 16.4 Å². The fourth-order valence-electron chi connectivity index (χ4n) is 1.80. The van der Waals surface area contributed by atoms with Crippen molar-refractivity contribution >= 4 is 17.5 Å². The second-order valence-corrected chi connectivity index (χ2v) is 4.44. The fraction of sp³-hybridized carbons (Fsp3) is 0.429. The topological polar surface area (TPSA) is 84.2 Å². The Bertz CT molecular complexity index is 429. The summed E-state index contributed by atoms with van der Waals surface area (Å²) in [6.07, 6.45) is 1.71. The molecule has 5 heteroatoms. The van der Waals surface area contributed by atoms with E-state index in [0.29, 0.717) is 12.1 Å². The lowest BCUT2D eigenvalue weighted by atomic mass is 10.1. The Balaban J connectivity index is 2.57. The SMILES string of the molecule is CCCC(NC(=O)Cc1ccc(N)cc1)C(=O)NC. The summed E-state index contributed by atoms with van der Waals surface area (Å²) < 4.78 is 0. The number of rotatable bonds is 6. The third-order valence-electron chi connectivity index (χ3n) is 2.82. The van der Waals surface area contributed by atoms with Crippen molar-refractivity contribution in [1.29, 1.82) is 0 Å². The highest BCUT2D eigenvalue weighted by molar-refractivity contribution is 5.88. The molecule has 0 aliphatic carbocycles. The van der Waals surface area contributed by atoms with Crippen LogP contribution in [0.25, 0.3) is 0 Å². The molecule has 1 rings (SSSR count). The molecule has 1 atom stereocenters. The van der Waals surface area contributed by atoms with E-state index < -0.39 is 6.04 Å². The van der Waals surface area contributed by atoms with Crippen LogP contribution in [0.3, 0.4) is 0 Å². The Morgan fingerprint density at radius 1 is 1.26 bits per heavy atom. The number of carbonyl (C=O) groups is 2. The summed E-state index contributed by atoms with van der Waals surface area (Å²) in [5.41, 5.74) is 7.12. The predicted molar refractivity (Wildman–Crippen MR) is 75.5 cm³/mol. The highest BCUT2D eigenvalue weighted by Gasteiger charge is 2.18. The Morgan fingerprint density at radius 2 is 1.89 bits per heavy atom. The third kappa shape index (κ3) is 4.99. The molecule has 0 radical (unpaired) electrons. The smallest absolute Gasteiger partial charge is 0.242 e. The maximum atomic E-state index is 11.9. The zero-order valence-electron chi connectivity index (χ0n) is 11.4. The maximum Gasteiger partial charge on any atom is 0.242 e. The summed E-state index contributed by atoms with van der Waals surface area (Å²) in [7, 11) is 1.57. The summed E-state index contributed by atoms with van der Waals surface area (Å²) in [5.74, 6) is -0.320. The van der Waals surface area contributed by atoms with Gasteiger partial charge in [-0.05, 0) is 24.1 Å². The molecule has 0 saturated carbocycles. The van der Waals surface area contributed by atoms with E-state index in [4.69, 9.17) is 5.73 Å². The molecule has 1 unspecified atom stereocenters. The largest absolute Gasteiger partial charge is 0.399 e. The number of nitrogens with two attached hydrogens (primary N) is 1. The minimum Gasteiger partial charge on any atom is -0.399 e. The van der Waals surface area contributed by atoms with Crippen LogP contribution in [-0.2, 0) is 16.0 Å². The first-order valence-corrected chi connectivity index (χ1v) is 6.42. The first-order valence-electron chi connectivity index (χ1n) is 6.42. The molecule has 0 fully saturated rings. The number of nitrogen functional groups attached to an aromatic ring is 1. The minimum atomic E-state index is -0.462. The van der Waals surface area contributed by atoms with Crippen LogP contribution in [-0.4, -0.2) is 24.9 Å². The summed E-state index contributed by atoms with van der Waals surface area (Å²) in [6.45, 7) is 1.97.